The van der Waals surface area contributed by atoms with Crippen molar-refractivity contribution in [2.24, 2.45) is 0 Å². The fraction of sp³-hybridized carbons (Fsp3) is 0.325. The Kier molecular flexibility index (Phi) is 10.8. The molecular formula is C77H85BN2Si4. The zero-order chi connectivity index (χ0) is 59.5. The van der Waals surface area contributed by atoms with Gasteiger partial charge in [0.05, 0.1) is 54.4 Å². The van der Waals surface area contributed by atoms with Crippen molar-refractivity contribution in [3.63, 3.8) is 0 Å². The number of aromatic nitrogens is 2. The van der Waals surface area contributed by atoms with Gasteiger partial charge in [-0.1, -0.05) is 290 Å². The molecule has 2 nitrogen and oxygen atoms in total. The first-order valence-corrected chi connectivity index (χ1v) is 43.5. The van der Waals surface area contributed by atoms with Gasteiger partial charge in [-0.05, 0) is 104 Å². The molecular weight excluding hydrogens is 1080 g/mol. The largest absolute Gasteiger partial charge is 0.310 e. The molecule has 0 bridgehead atoms. The van der Waals surface area contributed by atoms with Gasteiger partial charge in [0.1, 0.15) is 0 Å². The summed E-state index contributed by atoms with van der Waals surface area (Å²) >= 11 is 0. The lowest BCUT2D eigenvalue weighted by atomic mass is 9.33. The number of benzene rings is 9. The van der Waals surface area contributed by atoms with Gasteiger partial charge >= 0.3 is 0 Å². The van der Waals surface area contributed by atoms with E-state index in [9.17, 15) is 0 Å². The van der Waals surface area contributed by atoms with Crippen LogP contribution in [0.15, 0.2) is 152 Å². The van der Waals surface area contributed by atoms with Crippen LogP contribution in [0.25, 0.3) is 88.0 Å². The van der Waals surface area contributed by atoms with Crippen LogP contribution in [0.4, 0.5) is 0 Å². The van der Waals surface area contributed by atoms with Crippen LogP contribution in [0.3, 0.4) is 0 Å². The summed E-state index contributed by atoms with van der Waals surface area (Å²) in [7, 11) is -8.52. The molecule has 0 fully saturated rings. The van der Waals surface area contributed by atoms with Gasteiger partial charge in [-0.15, -0.1) is 0 Å². The second kappa shape index (κ2) is 16.6. The van der Waals surface area contributed by atoms with Crippen LogP contribution in [-0.2, 0) is 5.41 Å². The Labute approximate surface area is 504 Å². The molecule has 1 aliphatic carbocycles. The van der Waals surface area contributed by atoms with E-state index in [4.69, 9.17) is 0 Å². The van der Waals surface area contributed by atoms with Crippen molar-refractivity contribution >= 4 is 131 Å². The van der Waals surface area contributed by atoms with E-state index >= 15 is 0 Å². The van der Waals surface area contributed by atoms with Crippen molar-refractivity contribution in [2.45, 2.75) is 161 Å². The highest BCUT2D eigenvalue weighted by Gasteiger charge is 2.56. The number of rotatable bonds is 5. The van der Waals surface area contributed by atoms with E-state index in [-0.39, 0.29) is 26.9 Å². The van der Waals surface area contributed by atoms with Gasteiger partial charge < -0.3 is 9.13 Å². The van der Waals surface area contributed by atoms with E-state index in [0.29, 0.717) is 0 Å². The minimum atomic E-state index is -2.19. The van der Waals surface area contributed by atoms with Crippen LogP contribution in [0.1, 0.15) is 105 Å². The number of hydrogen-bond acceptors (Lipinski definition) is 0. The van der Waals surface area contributed by atoms with Gasteiger partial charge in [0.25, 0.3) is 6.71 Å². The molecule has 1 spiro atoms. The van der Waals surface area contributed by atoms with Crippen LogP contribution in [-0.4, -0.2) is 48.1 Å². The Balaban J connectivity index is 1.25. The van der Waals surface area contributed by atoms with Gasteiger partial charge in [0.15, 0.2) is 0 Å². The van der Waals surface area contributed by atoms with E-state index in [2.05, 4.69) is 296 Å². The molecule has 2 aromatic heterocycles. The normalized spacial score (nSPS) is 15.5. The van der Waals surface area contributed by atoms with Gasteiger partial charge in [0.2, 0.25) is 0 Å². The molecule has 0 N–H and O–H groups in total. The summed E-state index contributed by atoms with van der Waals surface area (Å²) in [5.74, 6) is 0. The fourth-order valence-electron chi connectivity index (χ4n) is 15.6. The van der Waals surface area contributed by atoms with Crippen molar-refractivity contribution in [1.82, 2.24) is 9.13 Å². The SMILES string of the molecule is CC(C)(C)[Si](C)(C)c1ccc2c(c1)c1cc([Si](C)(C)C(C)(C)C)cc3c1n2-c1c(-c2ccc4ccccc4c2)cc2c4c1B3c1cc([Si](C)(C)C(C)(C)C)cc3c5cc([Si](C)(C)C(C)(C)C)cc(c5n-4c13)C21c2ccccc2-c2ccccc21. The molecule has 84 heavy (non-hydrogen) atoms. The third-order valence-corrected chi connectivity index (χ3v) is 46.7. The quantitative estimate of drug-likeness (QED) is 0.152. The van der Waals surface area contributed by atoms with Crippen LogP contribution in [0.2, 0.25) is 72.5 Å². The zero-order valence-corrected chi connectivity index (χ0v) is 57.9. The average molecular weight is 1160 g/mol. The minimum absolute atomic E-state index is 0.0348. The maximum atomic E-state index is 2.89. The molecule has 0 saturated heterocycles. The first-order chi connectivity index (χ1) is 39.2. The Bertz CT molecular complexity index is 4730. The lowest BCUT2D eigenvalue weighted by Crippen LogP contribution is -2.63. The summed E-state index contributed by atoms with van der Waals surface area (Å²) in [6, 6.07) is 62.8. The Hall–Kier alpha value is -6.23. The van der Waals surface area contributed by atoms with E-state index in [1.165, 1.54) is 132 Å². The van der Waals surface area contributed by atoms with E-state index < -0.39 is 37.7 Å². The van der Waals surface area contributed by atoms with Crippen LogP contribution in [0.5, 0.6) is 0 Å². The molecule has 7 heteroatoms. The molecule has 0 amide bonds. The standard InChI is InChI=1S/C77H85BN2Si4/c1-73(2,3)81(13,14)49-35-36-66-56(38-49)57-40-51(83(17,18)75(7,8)9)43-64-69(57)79(66)71-55(48-34-33-46-27-21-22-28-47(46)37-48)45-63-72-67(71)78(64)65-44-52(84(19,20)76(10,11)12)41-59-58-39-50(82(15,16)74(4,5)6)42-62(68(58)80(72)70(59)65)77(63)60-31-25-23-29-53(60)54-30-24-26-32-61(54)77/h21-45H,1-20H3. The van der Waals surface area contributed by atoms with E-state index in [1.54, 1.807) is 15.6 Å². The van der Waals surface area contributed by atoms with Crippen molar-refractivity contribution in [3.8, 4) is 33.6 Å². The molecule has 0 unspecified atom stereocenters. The molecule has 11 aromatic rings. The van der Waals surface area contributed by atoms with Crippen molar-refractivity contribution in [1.29, 1.82) is 0 Å². The summed E-state index contributed by atoms with van der Waals surface area (Å²) in [5.41, 5.74) is 23.1. The van der Waals surface area contributed by atoms with Gasteiger partial charge in [-0.25, -0.2) is 0 Å². The molecule has 0 saturated carbocycles. The monoisotopic (exact) mass is 1160 g/mol. The molecule has 422 valence electrons. The van der Waals surface area contributed by atoms with Gasteiger partial charge in [-0.3, -0.25) is 0 Å². The predicted octanol–water partition coefficient (Wildman–Crippen LogP) is 17.4. The van der Waals surface area contributed by atoms with Gasteiger partial charge in [0, 0.05) is 43.8 Å². The third kappa shape index (κ3) is 6.63. The lowest BCUT2D eigenvalue weighted by molar-refractivity contribution is 0.728. The first-order valence-electron chi connectivity index (χ1n) is 31.5. The number of fused-ring (bicyclic) bond motifs is 15. The third-order valence-electron chi connectivity index (χ3n) is 24.8. The summed E-state index contributed by atoms with van der Waals surface area (Å²) in [4.78, 5) is 0. The summed E-state index contributed by atoms with van der Waals surface area (Å²) in [5, 5.41) is 15.0. The lowest BCUT2D eigenvalue weighted by Gasteiger charge is -2.46. The van der Waals surface area contributed by atoms with Crippen LogP contribution < -0.4 is 37.1 Å². The molecule has 9 aromatic carbocycles. The Morgan fingerprint density at radius 3 is 1.35 bits per heavy atom. The summed E-state index contributed by atoms with van der Waals surface area (Å²) in [6.07, 6.45) is 0. The molecule has 15 rings (SSSR count). The van der Waals surface area contributed by atoms with Gasteiger partial charge in [-0.2, -0.15) is 0 Å². The minimum Gasteiger partial charge on any atom is -0.310 e. The second-order valence-corrected chi connectivity index (χ2v) is 54.0. The molecule has 4 aliphatic rings. The number of nitrogens with zero attached hydrogens (tertiary/aromatic N) is 2. The number of hydrogen-bond donors (Lipinski definition) is 0. The van der Waals surface area contributed by atoms with E-state index in [1.807, 2.05) is 0 Å². The highest BCUT2D eigenvalue weighted by molar-refractivity contribution is 7.02. The van der Waals surface area contributed by atoms with Crippen LogP contribution in [0, 0.1) is 0 Å². The molecule has 0 radical (unpaired) electrons. The van der Waals surface area contributed by atoms with Crippen molar-refractivity contribution in [2.75, 3.05) is 0 Å². The van der Waals surface area contributed by atoms with Crippen LogP contribution >= 0.6 is 0 Å². The Morgan fingerprint density at radius 1 is 0.345 bits per heavy atom. The summed E-state index contributed by atoms with van der Waals surface area (Å²) < 4.78 is 5.73. The average Bonchev–Trinajstić information content (AvgIpc) is 1.40. The zero-order valence-electron chi connectivity index (χ0n) is 53.9. The fourth-order valence-corrected chi connectivity index (χ4v) is 23.1. The topological polar surface area (TPSA) is 9.86 Å². The highest BCUT2D eigenvalue weighted by atomic mass is 28.3. The smallest absolute Gasteiger partial charge is 0.252 e. The Morgan fingerprint density at radius 2 is 0.798 bits per heavy atom. The predicted molar refractivity (Wildman–Crippen MR) is 381 cm³/mol. The second-order valence-electron chi connectivity index (χ2n) is 32.7. The summed E-state index contributed by atoms with van der Waals surface area (Å²) in [6.45, 7) is 51.3. The highest BCUT2D eigenvalue weighted by Crippen LogP contribution is 2.63. The molecule has 5 heterocycles. The molecule has 3 aliphatic heterocycles. The van der Waals surface area contributed by atoms with Crippen molar-refractivity contribution < 1.29 is 0 Å². The molecule has 0 atom stereocenters. The van der Waals surface area contributed by atoms with E-state index in [0.717, 1.165) is 0 Å². The first kappa shape index (κ1) is 54.4. The maximum absolute atomic E-state index is 2.89. The maximum Gasteiger partial charge on any atom is 0.252 e. The van der Waals surface area contributed by atoms with Crippen molar-refractivity contribution in [3.05, 3.63) is 174 Å².